The van der Waals surface area contributed by atoms with Gasteiger partial charge in [-0.2, -0.15) is 0 Å². The van der Waals surface area contributed by atoms with Gasteiger partial charge in [0.05, 0.1) is 18.0 Å². The van der Waals surface area contributed by atoms with Crippen LogP contribution >= 0.6 is 0 Å². The Morgan fingerprint density at radius 2 is 2.09 bits per heavy atom. The third kappa shape index (κ3) is 1.97. The Bertz CT molecular complexity index is 835. The SMILES string of the molecule is O=C(c1cnc2c(-c3cnco3)cc(F)cn12)N1CCCC1. The fourth-order valence-corrected chi connectivity index (χ4v) is 2.82. The zero-order valence-electron chi connectivity index (χ0n) is 11.7. The highest BCUT2D eigenvalue weighted by molar-refractivity contribution is 5.94. The van der Waals surface area contributed by atoms with E-state index in [0.717, 1.165) is 25.9 Å². The maximum atomic E-state index is 14.0. The maximum Gasteiger partial charge on any atom is 0.272 e. The van der Waals surface area contributed by atoms with Crippen LogP contribution in [0.4, 0.5) is 4.39 Å². The van der Waals surface area contributed by atoms with E-state index < -0.39 is 5.82 Å². The molecule has 3 aromatic heterocycles. The van der Waals surface area contributed by atoms with Crippen LogP contribution in [0, 0.1) is 5.82 Å². The van der Waals surface area contributed by atoms with E-state index in [0.29, 0.717) is 22.7 Å². The quantitative estimate of drug-likeness (QED) is 0.729. The first-order chi connectivity index (χ1) is 10.7. The minimum absolute atomic E-state index is 0.126. The van der Waals surface area contributed by atoms with Gasteiger partial charge in [-0.1, -0.05) is 0 Å². The summed E-state index contributed by atoms with van der Waals surface area (Å²) in [4.78, 5) is 22.4. The standard InChI is InChI=1S/C15H13FN4O2/c16-10-5-11(13-7-17-9-22-13)14-18-6-12(20(14)8-10)15(21)19-3-1-2-4-19/h5-9H,1-4H2. The molecule has 1 aliphatic heterocycles. The summed E-state index contributed by atoms with van der Waals surface area (Å²) in [6, 6.07) is 1.33. The van der Waals surface area contributed by atoms with Gasteiger partial charge in [-0.3, -0.25) is 9.20 Å². The van der Waals surface area contributed by atoms with Crippen molar-refractivity contribution in [2.75, 3.05) is 13.1 Å². The molecular weight excluding hydrogens is 287 g/mol. The molecule has 0 unspecified atom stereocenters. The Morgan fingerprint density at radius 1 is 1.27 bits per heavy atom. The van der Waals surface area contributed by atoms with Crippen LogP contribution in [0.25, 0.3) is 17.0 Å². The molecule has 1 saturated heterocycles. The molecule has 1 fully saturated rings. The lowest BCUT2D eigenvalue weighted by Gasteiger charge is -2.14. The van der Waals surface area contributed by atoms with Crippen molar-refractivity contribution in [2.45, 2.75) is 12.8 Å². The second-order valence-corrected chi connectivity index (χ2v) is 5.27. The number of hydrogen-bond donors (Lipinski definition) is 0. The van der Waals surface area contributed by atoms with Crippen molar-refractivity contribution in [1.29, 1.82) is 0 Å². The first-order valence-corrected chi connectivity index (χ1v) is 7.09. The summed E-state index contributed by atoms with van der Waals surface area (Å²) in [5.41, 5.74) is 1.30. The first kappa shape index (κ1) is 13.0. The van der Waals surface area contributed by atoms with E-state index in [9.17, 15) is 9.18 Å². The summed E-state index contributed by atoms with van der Waals surface area (Å²) >= 11 is 0. The van der Waals surface area contributed by atoms with E-state index in [1.165, 1.54) is 35.5 Å². The number of carbonyl (C=O) groups is 1. The number of fused-ring (bicyclic) bond motifs is 1. The van der Waals surface area contributed by atoms with Crippen LogP contribution < -0.4 is 0 Å². The number of halogens is 1. The normalized spacial score (nSPS) is 14.9. The summed E-state index contributed by atoms with van der Waals surface area (Å²) in [7, 11) is 0. The van der Waals surface area contributed by atoms with E-state index in [1.54, 1.807) is 4.90 Å². The largest absolute Gasteiger partial charge is 0.443 e. The number of likely N-dealkylation sites (tertiary alicyclic amines) is 1. The smallest absolute Gasteiger partial charge is 0.272 e. The van der Waals surface area contributed by atoms with Crippen LogP contribution in [0.15, 0.2) is 35.5 Å². The number of amides is 1. The van der Waals surface area contributed by atoms with Crippen molar-refractivity contribution in [3.8, 4) is 11.3 Å². The molecule has 7 heteroatoms. The Labute approximate surface area is 125 Å². The summed E-state index contributed by atoms with van der Waals surface area (Å²) in [5.74, 6) is -0.179. The molecule has 0 bridgehead atoms. The van der Waals surface area contributed by atoms with E-state index >= 15 is 0 Å². The highest BCUT2D eigenvalue weighted by atomic mass is 19.1. The number of pyridine rings is 1. The second-order valence-electron chi connectivity index (χ2n) is 5.27. The minimum atomic E-state index is -0.465. The molecule has 112 valence electrons. The number of imidazole rings is 1. The molecule has 22 heavy (non-hydrogen) atoms. The zero-order valence-corrected chi connectivity index (χ0v) is 11.7. The zero-order chi connectivity index (χ0) is 15.1. The summed E-state index contributed by atoms with van der Waals surface area (Å²) in [6.07, 6.45) is 7.52. The number of nitrogens with zero attached hydrogens (tertiary/aromatic N) is 4. The predicted octanol–water partition coefficient (Wildman–Crippen LogP) is 2.36. The van der Waals surface area contributed by atoms with Crippen molar-refractivity contribution >= 4 is 11.6 Å². The molecule has 0 N–H and O–H groups in total. The maximum absolute atomic E-state index is 14.0. The summed E-state index contributed by atoms with van der Waals surface area (Å²) in [6.45, 7) is 1.46. The molecule has 1 amide bonds. The van der Waals surface area contributed by atoms with Gasteiger partial charge in [0.25, 0.3) is 5.91 Å². The second kappa shape index (κ2) is 4.94. The van der Waals surface area contributed by atoms with E-state index in [1.807, 2.05) is 0 Å². The van der Waals surface area contributed by atoms with Crippen molar-refractivity contribution in [3.63, 3.8) is 0 Å². The lowest BCUT2D eigenvalue weighted by atomic mass is 10.2. The molecule has 0 aromatic carbocycles. The molecular formula is C15H13FN4O2. The van der Waals surface area contributed by atoms with Crippen molar-refractivity contribution < 1.29 is 13.6 Å². The van der Waals surface area contributed by atoms with E-state index in [4.69, 9.17) is 4.42 Å². The predicted molar refractivity (Wildman–Crippen MR) is 75.8 cm³/mol. The minimum Gasteiger partial charge on any atom is -0.443 e. The number of oxazole rings is 1. The third-order valence-corrected chi connectivity index (χ3v) is 3.88. The Balaban J connectivity index is 1.86. The number of aromatic nitrogens is 3. The Hall–Kier alpha value is -2.70. The van der Waals surface area contributed by atoms with Crippen LogP contribution in [0.2, 0.25) is 0 Å². The summed E-state index contributed by atoms with van der Waals surface area (Å²) < 4.78 is 20.7. The average Bonchev–Trinajstić information content (AvgIpc) is 3.26. The first-order valence-electron chi connectivity index (χ1n) is 7.09. The van der Waals surface area contributed by atoms with Gasteiger partial charge in [-0.05, 0) is 18.9 Å². The number of rotatable bonds is 2. The van der Waals surface area contributed by atoms with Crippen LogP contribution in [-0.4, -0.2) is 38.3 Å². The van der Waals surface area contributed by atoms with Crippen LogP contribution in [0.1, 0.15) is 23.3 Å². The molecule has 6 nitrogen and oxygen atoms in total. The number of carbonyl (C=O) groups excluding carboxylic acids is 1. The van der Waals surface area contributed by atoms with Gasteiger partial charge in [0.15, 0.2) is 12.2 Å². The molecule has 1 aliphatic rings. The Kier molecular flexibility index (Phi) is 2.92. The van der Waals surface area contributed by atoms with Gasteiger partial charge in [-0.25, -0.2) is 14.4 Å². The fourth-order valence-electron chi connectivity index (χ4n) is 2.82. The van der Waals surface area contributed by atoms with Crippen LogP contribution in [0.3, 0.4) is 0 Å². The molecule has 0 aliphatic carbocycles. The fraction of sp³-hybridized carbons (Fsp3) is 0.267. The summed E-state index contributed by atoms with van der Waals surface area (Å²) in [5, 5.41) is 0. The molecule has 4 rings (SSSR count). The van der Waals surface area contributed by atoms with Crippen molar-refractivity contribution in [3.05, 3.63) is 42.6 Å². The van der Waals surface area contributed by atoms with Gasteiger partial charge in [0, 0.05) is 19.3 Å². The van der Waals surface area contributed by atoms with Gasteiger partial charge < -0.3 is 9.32 Å². The van der Waals surface area contributed by atoms with Gasteiger partial charge in [0.2, 0.25) is 0 Å². The molecule has 0 radical (unpaired) electrons. The van der Waals surface area contributed by atoms with E-state index in [2.05, 4.69) is 9.97 Å². The topological polar surface area (TPSA) is 63.6 Å². The van der Waals surface area contributed by atoms with Crippen molar-refractivity contribution in [1.82, 2.24) is 19.3 Å². The molecule has 4 heterocycles. The van der Waals surface area contributed by atoms with Gasteiger partial charge in [-0.15, -0.1) is 0 Å². The highest BCUT2D eigenvalue weighted by Crippen LogP contribution is 2.26. The van der Waals surface area contributed by atoms with Crippen LogP contribution in [0.5, 0.6) is 0 Å². The van der Waals surface area contributed by atoms with E-state index in [-0.39, 0.29) is 5.91 Å². The monoisotopic (exact) mass is 300 g/mol. The lowest BCUT2D eigenvalue weighted by molar-refractivity contribution is 0.0786. The van der Waals surface area contributed by atoms with Gasteiger partial charge >= 0.3 is 0 Å². The molecule has 0 spiro atoms. The molecule has 0 saturated carbocycles. The lowest BCUT2D eigenvalue weighted by Crippen LogP contribution is -2.28. The third-order valence-electron chi connectivity index (χ3n) is 3.88. The van der Waals surface area contributed by atoms with Crippen LogP contribution in [-0.2, 0) is 0 Å². The average molecular weight is 300 g/mol. The number of hydrogen-bond acceptors (Lipinski definition) is 4. The molecule has 3 aromatic rings. The van der Waals surface area contributed by atoms with Crippen molar-refractivity contribution in [2.24, 2.45) is 0 Å². The molecule has 0 atom stereocenters. The highest BCUT2D eigenvalue weighted by Gasteiger charge is 2.24. The van der Waals surface area contributed by atoms with Gasteiger partial charge in [0.1, 0.15) is 17.2 Å². The Morgan fingerprint density at radius 3 is 2.82 bits per heavy atom.